The number of nitrogens with zero attached hydrogens (tertiary/aromatic N) is 3. The van der Waals surface area contributed by atoms with E-state index >= 15 is 0 Å². The normalized spacial score (nSPS) is 11.0. The number of hydrogen-bond donors (Lipinski definition) is 1. The second-order valence-corrected chi connectivity index (χ2v) is 6.60. The fraction of sp³-hybridized carbons (Fsp3) is 0.333. The first-order chi connectivity index (χ1) is 12.2. The van der Waals surface area contributed by atoms with Gasteiger partial charge in [0.05, 0.1) is 18.6 Å². The van der Waals surface area contributed by atoms with Crippen molar-refractivity contribution in [3.63, 3.8) is 0 Å². The monoisotopic (exact) mass is 377 g/mol. The van der Waals surface area contributed by atoms with Gasteiger partial charge in [-0.25, -0.2) is 4.98 Å². The van der Waals surface area contributed by atoms with E-state index in [1.54, 1.807) is 11.3 Å². The molecule has 1 aromatic carbocycles. The number of benzene rings is 1. The van der Waals surface area contributed by atoms with Crippen molar-refractivity contribution in [3.8, 4) is 16.9 Å². The predicted molar refractivity (Wildman–Crippen MR) is 104 cm³/mol. The van der Waals surface area contributed by atoms with Gasteiger partial charge in [-0.1, -0.05) is 12.1 Å². The topological polar surface area (TPSA) is 58.5 Å². The third-order valence-corrected chi connectivity index (χ3v) is 4.96. The van der Waals surface area contributed by atoms with Crippen LogP contribution >= 0.6 is 22.9 Å². The summed E-state index contributed by atoms with van der Waals surface area (Å²) in [6.45, 7) is 5.91. The van der Waals surface area contributed by atoms with Crippen LogP contribution in [0.4, 0.5) is 5.82 Å². The predicted octanol–water partition coefficient (Wildman–Crippen LogP) is 4.23. The van der Waals surface area contributed by atoms with Crippen molar-refractivity contribution in [2.45, 2.75) is 13.8 Å². The largest absolute Gasteiger partial charge is 0.494 e. The first-order valence-corrected chi connectivity index (χ1v) is 9.47. The van der Waals surface area contributed by atoms with Crippen LogP contribution in [0.1, 0.15) is 13.8 Å². The van der Waals surface area contributed by atoms with Gasteiger partial charge in [-0.05, 0) is 43.1 Å². The van der Waals surface area contributed by atoms with Gasteiger partial charge in [0.2, 0.25) is 5.28 Å². The Labute approximate surface area is 155 Å². The zero-order chi connectivity index (χ0) is 17.8. The molecule has 5 nitrogen and oxygen atoms in total. The van der Waals surface area contributed by atoms with E-state index in [4.69, 9.17) is 16.3 Å². The van der Waals surface area contributed by atoms with Crippen molar-refractivity contribution in [2.24, 2.45) is 0 Å². The molecule has 2 heterocycles. The highest BCUT2D eigenvalue weighted by atomic mass is 35.5. The van der Waals surface area contributed by atoms with Crippen LogP contribution < -0.4 is 9.64 Å². The van der Waals surface area contributed by atoms with Crippen LogP contribution in [0, 0.1) is 0 Å². The quantitative estimate of drug-likeness (QED) is 0.624. The van der Waals surface area contributed by atoms with Gasteiger partial charge in [-0.2, -0.15) is 4.98 Å². The molecule has 0 atom stereocenters. The Morgan fingerprint density at radius 2 is 1.96 bits per heavy atom. The molecule has 2 aromatic heterocycles. The third-order valence-electron chi connectivity index (χ3n) is 3.91. The van der Waals surface area contributed by atoms with Crippen molar-refractivity contribution in [1.29, 1.82) is 0 Å². The minimum atomic E-state index is 0.0550. The Bertz CT molecular complexity index is 851. The number of fused-ring (bicyclic) bond motifs is 1. The van der Waals surface area contributed by atoms with Gasteiger partial charge in [0, 0.05) is 24.0 Å². The van der Waals surface area contributed by atoms with E-state index in [-0.39, 0.29) is 11.9 Å². The Kier molecular flexibility index (Phi) is 5.73. The molecule has 3 aromatic rings. The zero-order valence-corrected chi connectivity index (χ0v) is 15.8. The lowest BCUT2D eigenvalue weighted by atomic mass is 10.1. The van der Waals surface area contributed by atoms with Crippen LogP contribution in [0.25, 0.3) is 21.3 Å². The van der Waals surface area contributed by atoms with Crippen LogP contribution in [0.3, 0.4) is 0 Å². The molecule has 3 rings (SSSR count). The maximum absolute atomic E-state index is 9.36. The molecule has 0 bridgehead atoms. The average Bonchev–Trinajstić information content (AvgIpc) is 3.03. The van der Waals surface area contributed by atoms with Gasteiger partial charge in [0.15, 0.2) is 0 Å². The Morgan fingerprint density at radius 1 is 1.20 bits per heavy atom. The highest BCUT2D eigenvalue weighted by Crippen LogP contribution is 2.39. The van der Waals surface area contributed by atoms with Crippen LogP contribution in [0.15, 0.2) is 29.6 Å². The smallest absolute Gasteiger partial charge is 0.225 e. The molecule has 0 saturated carbocycles. The summed E-state index contributed by atoms with van der Waals surface area (Å²) in [6, 6.07) is 7.99. The molecule has 0 aliphatic heterocycles. The fourth-order valence-electron chi connectivity index (χ4n) is 2.77. The van der Waals surface area contributed by atoms with Crippen LogP contribution in [0.2, 0.25) is 5.28 Å². The maximum atomic E-state index is 9.36. The van der Waals surface area contributed by atoms with Crippen molar-refractivity contribution in [3.05, 3.63) is 34.9 Å². The zero-order valence-electron chi connectivity index (χ0n) is 14.2. The van der Waals surface area contributed by atoms with E-state index in [1.807, 2.05) is 43.0 Å². The summed E-state index contributed by atoms with van der Waals surface area (Å²) < 4.78 is 5.52. The molecule has 0 aliphatic carbocycles. The lowest BCUT2D eigenvalue weighted by molar-refractivity contribution is 0.302. The molecular weight excluding hydrogens is 358 g/mol. The van der Waals surface area contributed by atoms with E-state index in [0.29, 0.717) is 13.2 Å². The van der Waals surface area contributed by atoms with Crippen LogP contribution in [-0.2, 0) is 0 Å². The molecule has 0 aliphatic rings. The number of rotatable bonds is 7. The van der Waals surface area contributed by atoms with Gasteiger partial charge < -0.3 is 14.7 Å². The summed E-state index contributed by atoms with van der Waals surface area (Å²) in [6.07, 6.45) is 0. The fourth-order valence-corrected chi connectivity index (χ4v) is 3.93. The number of aromatic nitrogens is 2. The highest BCUT2D eigenvalue weighted by molar-refractivity contribution is 7.17. The van der Waals surface area contributed by atoms with Gasteiger partial charge in [-0.3, -0.25) is 0 Å². The van der Waals surface area contributed by atoms with Crippen molar-refractivity contribution in [1.82, 2.24) is 9.97 Å². The van der Waals surface area contributed by atoms with E-state index in [1.165, 1.54) is 0 Å². The summed E-state index contributed by atoms with van der Waals surface area (Å²) in [5, 5.41) is 12.6. The average molecular weight is 378 g/mol. The number of anilines is 1. The first-order valence-electron chi connectivity index (χ1n) is 8.21. The van der Waals surface area contributed by atoms with E-state index in [9.17, 15) is 5.11 Å². The van der Waals surface area contributed by atoms with Crippen LogP contribution in [0.5, 0.6) is 5.75 Å². The summed E-state index contributed by atoms with van der Waals surface area (Å²) >= 11 is 7.66. The minimum absolute atomic E-state index is 0.0550. The van der Waals surface area contributed by atoms with Gasteiger partial charge >= 0.3 is 0 Å². The van der Waals surface area contributed by atoms with E-state index < -0.39 is 0 Å². The van der Waals surface area contributed by atoms with E-state index in [2.05, 4.69) is 15.3 Å². The lowest BCUT2D eigenvalue weighted by Crippen LogP contribution is -2.27. The number of thiophene rings is 1. The number of aliphatic hydroxyl groups is 1. The summed E-state index contributed by atoms with van der Waals surface area (Å²) in [7, 11) is 0. The van der Waals surface area contributed by atoms with Gasteiger partial charge in [0.25, 0.3) is 0 Å². The number of likely N-dealkylation sites (N-methyl/N-ethyl adjacent to an activating group) is 1. The van der Waals surface area contributed by atoms with Crippen molar-refractivity contribution >= 4 is 39.0 Å². The van der Waals surface area contributed by atoms with E-state index in [0.717, 1.165) is 39.5 Å². The molecule has 132 valence electrons. The molecule has 0 radical (unpaired) electrons. The molecular formula is C18H20ClN3O2S. The van der Waals surface area contributed by atoms with Gasteiger partial charge in [-0.15, -0.1) is 11.3 Å². The molecule has 0 fully saturated rings. The standard InChI is InChI=1S/C18H20ClN3O2S/c1-3-22(9-10-23)16-15-14(11-25-17(15)21-18(19)20-16)12-5-7-13(8-6-12)24-4-2/h5-8,11,23H,3-4,9-10H2,1-2H3. The number of hydrogen-bond acceptors (Lipinski definition) is 6. The Hall–Kier alpha value is -1.89. The highest BCUT2D eigenvalue weighted by Gasteiger charge is 2.18. The van der Waals surface area contributed by atoms with Crippen molar-refractivity contribution in [2.75, 3.05) is 31.2 Å². The van der Waals surface area contributed by atoms with Gasteiger partial charge in [0.1, 0.15) is 16.4 Å². The first kappa shape index (κ1) is 17.9. The summed E-state index contributed by atoms with van der Waals surface area (Å²) in [4.78, 5) is 11.7. The Morgan fingerprint density at radius 3 is 2.60 bits per heavy atom. The number of aliphatic hydroxyl groups excluding tert-OH is 1. The summed E-state index contributed by atoms with van der Waals surface area (Å²) in [5.74, 6) is 1.61. The molecule has 25 heavy (non-hydrogen) atoms. The summed E-state index contributed by atoms with van der Waals surface area (Å²) in [5.41, 5.74) is 2.13. The molecule has 7 heteroatoms. The second-order valence-electron chi connectivity index (χ2n) is 5.41. The van der Waals surface area contributed by atoms with Crippen LogP contribution in [-0.4, -0.2) is 41.4 Å². The molecule has 0 spiro atoms. The number of halogens is 1. The molecule has 0 amide bonds. The Balaban J connectivity index is 2.13. The maximum Gasteiger partial charge on any atom is 0.225 e. The molecule has 0 unspecified atom stereocenters. The third kappa shape index (κ3) is 3.71. The minimum Gasteiger partial charge on any atom is -0.494 e. The molecule has 0 saturated heterocycles. The van der Waals surface area contributed by atoms with Crippen molar-refractivity contribution < 1.29 is 9.84 Å². The SMILES string of the molecule is CCOc1ccc(-c2csc3nc(Cl)nc(N(CC)CCO)c23)cc1. The lowest BCUT2D eigenvalue weighted by Gasteiger charge is -2.22. The number of ether oxygens (including phenoxy) is 1. The molecule has 1 N–H and O–H groups in total. The second kappa shape index (κ2) is 7.99.